The Hall–Kier alpha value is 0.860. The van der Waals surface area contributed by atoms with Crippen molar-refractivity contribution in [3.8, 4) is 0 Å². The number of hydrogen-bond donors (Lipinski definition) is 0. The van der Waals surface area contributed by atoms with Gasteiger partial charge < -0.3 is 0 Å². The van der Waals surface area contributed by atoms with Crippen molar-refractivity contribution in [3.63, 3.8) is 0 Å². The molecule has 0 radical (unpaired) electrons. The van der Waals surface area contributed by atoms with E-state index >= 15 is 0 Å². The summed E-state index contributed by atoms with van der Waals surface area (Å²) < 4.78 is 0. The standard InChI is InChI=1S/C16H32P2/c1-15(2,3)17-11-7-9-13(17)14-10-8-12-18(14)16(4,5)6/h13-14H,7-12H2,1-6H3/t13-,14-,17+,18+/m0/s1. The van der Waals surface area contributed by atoms with Gasteiger partial charge in [-0.3, -0.25) is 0 Å². The molecule has 2 heteroatoms. The van der Waals surface area contributed by atoms with Gasteiger partial charge in [-0.05, 0) is 59.6 Å². The highest BCUT2D eigenvalue weighted by atomic mass is 31.1. The van der Waals surface area contributed by atoms with E-state index in [2.05, 4.69) is 41.5 Å². The molecule has 0 spiro atoms. The van der Waals surface area contributed by atoms with E-state index in [0.29, 0.717) is 10.3 Å². The molecule has 0 nitrogen and oxygen atoms in total. The summed E-state index contributed by atoms with van der Waals surface area (Å²) in [5.74, 6) is 0. The maximum atomic E-state index is 2.51. The second-order valence-electron chi connectivity index (χ2n) is 8.15. The van der Waals surface area contributed by atoms with Gasteiger partial charge in [-0.1, -0.05) is 57.4 Å². The van der Waals surface area contributed by atoms with Gasteiger partial charge in [0.25, 0.3) is 0 Å². The van der Waals surface area contributed by atoms with Crippen LogP contribution in [0.5, 0.6) is 0 Å². The summed E-state index contributed by atoms with van der Waals surface area (Å²) in [5.41, 5.74) is 2.24. The van der Waals surface area contributed by atoms with E-state index in [1.54, 1.807) is 25.2 Å². The van der Waals surface area contributed by atoms with Gasteiger partial charge in [0.1, 0.15) is 0 Å². The number of rotatable bonds is 1. The van der Waals surface area contributed by atoms with Crippen molar-refractivity contribution in [1.82, 2.24) is 0 Å². The molecular formula is C16H32P2. The van der Waals surface area contributed by atoms with E-state index in [0.717, 1.165) is 11.3 Å². The lowest BCUT2D eigenvalue weighted by atomic mass is 10.1. The highest BCUT2D eigenvalue weighted by Gasteiger charge is 2.46. The van der Waals surface area contributed by atoms with Crippen LogP contribution in [0.3, 0.4) is 0 Å². The molecule has 4 atom stereocenters. The van der Waals surface area contributed by atoms with Crippen LogP contribution in [0, 0.1) is 0 Å². The second-order valence-corrected chi connectivity index (χ2v) is 14.9. The van der Waals surface area contributed by atoms with Crippen LogP contribution in [0.1, 0.15) is 67.2 Å². The van der Waals surface area contributed by atoms with E-state index in [-0.39, 0.29) is 15.8 Å². The molecule has 2 heterocycles. The summed E-state index contributed by atoms with van der Waals surface area (Å²) in [6.07, 6.45) is 9.29. The largest absolute Gasteiger partial charge is 0.0974 e. The first-order valence-corrected chi connectivity index (χ1v) is 10.9. The van der Waals surface area contributed by atoms with Crippen molar-refractivity contribution in [1.29, 1.82) is 0 Å². The fourth-order valence-electron chi connectivity index (χ4n) is 4.05. The molecule has 0 bridgehead atoms. The molecule has 18 heavy (non-hydrogen) atoms. The summed E-state index contributed by atoms with van der Waals surface area (Å²) in [6.45, 7) is 15.0. The first kappa shape index (κ1) is 15.3. The monoisotopic (exact) mass is 286 g/mol. The third-order valence-corrected chi connectivity index (χ3v) is 12.9. The number of hydrogen-bond acceptors (Lipinski definition) is 0. The molecule has 0 aromatic carbocycles. The molecule has 2 aliphatic rings. The smallest absolute Gasteiger partial charge is 0.0136 e. The average Bonchev–Trinajstić information content (AvgIpc) is 2.83. The van der Waals surface area contributed by atoms with Gasteiger partial charge in [0.05, 0.1) is 0 Å². The third-order valence-electron chi connectivity index (χ3n) is 4.77. The van der Waals surface area contributed by atoms with Gasteiger partial charge in [0.2, 0.25) is 0 Å². The van der Waals surface area contributed by atoms with Crippen LogP contribution in [-0.4, -0.2) is 34.0 Å². The minimum Gasteiger partial charge on any atom is -0.0974 e. The minimum absolute atomic E-state index is 0.282. The van der Waals surface area contributed by atoms with E-state index in [1.165, 1.54) is 12.8 Å². The van der Waals surface area contributed by atoms with Gasteiger partial charge >= 0.3 is 0 Å². The topological polar surface area (TPSA) is 0 Å². The summed E-state index contributed by atoms with van der Waals surface area (Å²) in [5, 5.41) is 1.19. The van der Waals surface area contributed by atoms with Crippen molar-refractivity contribution in [3.05, 3.63) is 0 Å². The van der Waals surface area contributed by atoms with Gasteiger partial charge in [0, 0.05) is 0 Å². The Morgan fingerprint density at radius 2 is 1.00 bits per heavy atom. The SMILES string of the molecule is CC(C)(C)[P@]1CCC[C@H]1[C@@H]1CCC[P@@]1C(C)(C)C. The lowest BCUT2D eigenvalue weighted by Gasteiger charge is -2.42. The van der Waals surface area contributed by atoms with Gasteiger partial charge in [0.15, 0.2) is 0 Å². The second kappa shape index (κ2) is 5.33. The van der Waals surface area contributed by atoms with Crippen molar-refractivity contribution in [2.45, 2.75) is 88.9 Å². The fourth-order valence-corrected chi connectivity index (χ4v) is 12.2. The van der Waals surface area contributed by atoms with E-state index < -0.39 is 0 Å². The van der Waals surface area contributed by atoms with Crippen LogP contribution >= 0.6 is 15.8 Å². The van der Waals surface area contributed by atoms with Crippen LogP contribution in [0.2, 0.25) is 0 Å². The zero-order chi connectivity index (χ0) is 13.6. The lowest BCUT2D eigenvalue weighted by Crippen LogP contribution is -2.29. The molecule has 0 unspecified atom stereocenters. The fraction of sp³-hybridized carbons (Fsp3) is 1.00. The van der Waals surface area contributed by atoms with Gasteiger partial charge in [-0.2, -0.15) is 0 Å². The Labute approximate surface area is 117 Å². The van der Waals surface area contributed by atoms with Crippen LogP contribution in [0.25, 0.3) is 0 Å². The zero-order valence-electron chi connectivity index (χ0n) is 13.3. The van der Waals surface area contributed by atoms with Crippen molar-refractivity contribution in [2.75, 3.05) is 12.3 Å². The van der Waals surface area contributed by atoms with E-state index in [9.17, 15) is 0 Å². The zero-order valence-corrected chi connectivity index (χ0v) is 15.1. The van der Waals surface area contributed by atoms with Gasteiger partial charge in [-0.25, -0.2) is 0 Å². The first-order chi connectivity index (χ1) is 8.21. The normalized spacial score (nSPS) is 38.3. The lowest BCUT2D eigenvalue weighted by molar-refractivity contribution is 0.671. The highest BCUT2D eigenvalue weighted by molar-refractivity contribution is 7.64. The van der Waals surface area contributed by atoms with E-state index in [4.69, 9.17) is 0 Å². The molecule has 2 saturated heterocycles. The molecule has 106 valence electrons. The predicted octanol–water partition coefficient (Wildman–Crippen LogP) is 5.87. The summed E-state index contributed by atoms with van der Waals surface area (Å²) in [6, 6.07) is 0. The predicted molar refractivity (Wildman–Crippen MR) is 89.1 cm³/mol. The molecule has 0 aromatic rings. The molecule has 0 aromatic heterocycles. The van der Waals surface area contributed by atoms with Crippen LogP contribution in [0.15, 0.2) is 0 Å². The van der Waals surface area contributed by atoms with Crippen LogP contribution < -0.4 is 0 Å². The molecule has 0 N–H and O–H groups in total. The molecule has 2 rings (SSSR count). The Morgan fingerprint density at radius 1 is 0.667 bits per heavy atom. The summed E-state index contributed by atoms with van der Waals surface area (Å²) in [7, 11) is 0.564. The molecular weight excluding hydrogens is 254 g/mol. The molecule has 2 fully saturated rings. The quantitative estimate of drug-likeness (QED) is 0.529. The van der Waals surface area contributed by atoms with E-state index in [1.807, 2.05) is 0 Å². The van der Waals surface area contributed by atoms with Crippen molar-refractivity contribution >= 4 is 15.8 Å². The molecule has 0 amide bonds. The van der Waals surface area contributed by atoms with Gasteiger partial charge in [-0.15, -0.1) is 0 Å². The Morgan fingerprint density at radius 3 is 1.28 bits per heavy atom. The maximum absolute atomic E-state index is 2.51. The highest BCUT2D eigenvalue weighted by Crippen LogP contribution is 2.69. The van der Waals surface area contributed by atoms with Crippen LogP contribution in [-0.2, 0) is 0 Å². The minimum atomic E-state index is 0.282. The molecule has 0 saturated carbocycles. The summed E-state index contributed by atoms with van der Waals surface area (Å²) >= 11 is 0. The molecule has 0 aliphatic carbocycles. The Bertz CT molecular complexity index is 254. The first-order valence-electron chi connectivity index (χ1n) is 7.75. The average molecular weight is 286 g/mol. The Kier molecular flexibility index (Phi) is 4.52. The third kappa shape index (κ3) is 3.12. The summed E-state index contributed by atoms with van der Waals surface area (Å²) in [4.78, 5) is 0. The van der Waals surface area contributed by atoms with Crippen molar-refractivity contribution in [2.24, 2.45) is 0 Å². The van der Waals surface area contributed by atoms with Crippen molar-refractivity contribution < 1.29 is 0 Å². The Balaban J connectivity index is 2.15. The maximum Gasteiger partial charge on any atom is -0.0136 e. The molecule has 2 aliphatic heterocycles. The van der Waals surface area contributed by atoms with Crippen LogP contribution in [0.4, 0.5) is 0 Å².